The molecule has 9 heteroatoms. The summed E-state index contributed by atoms with van der Waals surface area (Å²) in [7, 11) is -2.06. The average molecular weight is 388 g/mol. The van der Waals surface area contributed by atoms with Crippen LogP contribution in [-0.4, -0.2) is 50.2 Å². The standard InChI is InChI=1S/C16H21N3O4S.ClH/c1-22-13-7-9-19(12(10-13)11-17)24(20,21)16-5-3-2-4-14(16)15-6-8-18-23-15;/h2-6,8,12-13H,7,9-11,17H2,1H3;1H. The highest BCUT2D eigenvalue weighted by atomic mass is 35.5. The van der Waals surface area contributed by atoms with E-state index >= 15 is 0 Å². The van der Waals surface area contributed by atoms with Crippen molar-refractivity contribution in [2.24, 2.45) is 5.73 Å². The van der Waals surface area contributed by atoms with Crippen LogP contribution >= 0.6 is 12.4 Å². The van der Waals surface area contributed by atoms with Crippen molar-refractivity contribution < 1.29 is 17.7 Å². The maximum absolute atomic E-state index is 13.2. The van der Waals surface area contributed by atoms with Crippen LogP contribution in [-0.2, 0) is 14.8 Å². The molecule has 2 unspecified atom stereocenters. The topological polar surface area (TPSA) is 98.7 Å². The second kappa shape index (κ2) is 8.29. The highest BCUT2D eigenvalue weighted by molar-refractivity contribution is 7.89. The zero-order valence-electron chi connectivity index (χ0n) is 13.9. The Morgan fingerprint density at radius 1 is 1.36 bits per heavy atom. The quantitative estimate of drug-likeness (QED) is 0.841. The van der Waals surface area contributed by atoms with Crippen LogP contribution in [0.2, 0.25) is 0 Å². The van der Waals surface area contributed by atoms with Crippen LogP contribution in [0.4, 0.5) is 0 Å². The van der Waals surface area contributed by atoms with Gasteiger partial charge in [-0.1, -0.05) is 17.3 Å². The third-order valence-corrected chi connectivity index (χ3v) is 6.41. The van der Waals surface area contributed by atoms with Crippen LogP contribution in [0.15, 0.2) is 45.9 Å². The lowest BCUT2D eigenvalue weighted by molar-refractivity contribution is 0.0402. The zero-order chi connectivity index (χ0) is 17.2. The van der Waals surface area contributed by atoms with E-state index in [9.17, 15) is 8.42 Å². The summed E-state index contributed by atoms with van der Waals surface area (Å²) in [4.78, 5) is 0.205. The van der Waals surface area contributed by atoms with E-state index in [-0.39, 0.29) is 36.0 Å². The number of piperidine rings is 1. The Bertz CT molecular complexity index is 782. The van der Waals surface area contributed by atoms with Gasteiger partial charge in [-0.05, 0) is 25.0 Å². The molecule has 1 saturated heterocycles. The molecule has 1 aromatic heterocycles. The first kappa shape index (κ1) is 19.9. The van der Waals surface area contributed by atoms with Gasteiger partial charge in [0.25, 0.3) is 0 Å². The molecule has 0 aliphatic carbocycles. The van der Waals surface area contributed by atoms with Crippen molar-refractivity contribution in [2.75, 3.05) is 20.2 Å². The number of hydrogen-bond donors (Lipinski definition) is 1. The second-order valence-corrected chi connectivity index (χ2v) is 7.62. The zero-order valence-corrected chi connectivity index (χ0v) is 15.5. The van der Waals surface area contributed by atoms with Crippen molar-refractivity contribution in [1.29, 1.82) is 0 Å². The van der Waals surface area contributed by atoms with Crippen molar-refractivity contribution >= 4 is 22.4 Å². The predicted octanol–water partition coefficient (Wildman–Crippen LogP) is 1.89. The number of sulfonamides is 1. The number of benzene rings is 1. The van der Waals surface area contributed by atoms with E-state index in [1.165, 1.54) is 10.5 Å². The molecule has 1 aromatic carbocycles. The predicted molar refractivity (Wildman–Crippen MR) is 96.0 cm³/mol. The van der Waals surface area contributed by atoms with Gasteiger partial charge in [0, 0.05) is 37.9 Å². The number of rotatable bonds is 5. The lowest BCUT2D eigenvalue weighted by Gasteiger charge is -2.37. The van der Waals surface area contributed by atoms with Gasteiger partial charge in [0.15, 0.2) is 5.76 Å². The number of nitrogens with zero attached hydrogens (tertiary/aromatic N) is 2. The van der Waals surface area contributed by atoms with E-state index in [1.807, 2.05) is 0 Å². The molecule has 1 aliphatic rings. The van der Waals surface area contributed by atoms with Gasteiger partial charge in [0.2, 0.25) is 10.0 Å². The van der Waals surface area contributed by atoms with E-state index in [4.69, 9.17) is 15.0 Å². The van der Waals surface area contributed by atoms with Crippen molar-refractivity contribution in [3.63, 3.8) is 0 Å². The first-order chi connectivity index (χ1) is 11.6. The lowest BCUT2D eigenvalue weighted by atomic mass is 10.0. The average Bonchev–Trinajstić information content (AvgIpc) is 3.15. The maximum Gasteiger partial charge on any atom is 0.244 e. The van der Waals surface area contributed by atoms with E-state index in [0.29, 0.717) is 30.7 Å². The number of aromatic nitrogens is 1. The summed E-state index contributed by atoms with van der Waals surface area (Å²) in [6.07, 6.45) is 2.77. The third-order valence-electron chi connectivity index (χ3n) is 4.40. The van der Waals surface area contributed by atoms with Gasteiger partial charge in [-0.15, -0.1) is 12.4 Å². The van der Waals surface area contributed by atoms with E-state index in [1.54, 1.807) is 37.4 Å². The number of hydrogen-bond acceptors (Lipinski definition) is 6. The van der Waals surface area contributed by atoms with Crippen LogP contribution in [0.25, 0.3) is 11.3 Å². The van der Waals surface area contributed by atoms with Crippen LogP contribution in [0.1, 0.15) is 12.8 Å². The molecule has 0 spiro atoms. The minimum atomic E-state index is -3.70. The third kappa shape index (κ3) is 3.88. The molecule has 1 aliphatic heterocycles. The highest BCUT2D eigenvalue weighted by Gasteiger charge is 2.37. The molecule has 1 fully saturated rings. The maximum atomic E-state index is 13.2. The normalized spacial score (nSPS) is 21.7. The van der Waals surface area contributed by atoms with Gasteiger partial charge in [-0.2, -0.15) is 4.31 Å². The largest absolute Gasteiger partial charge is 0.381 e. The summed E-state index contributed by atoms with van der Waals surface area (Å²) in [5.41, 5.74) is 6.33. The Kier molecular flexibility index (Phi) is 6.59. The molecule has 0 amide bonds. The van der Waals surface area contributed by atoms with Crippen LogP contribution in [0.3, 0.4) is 0 Å². The number of nitrogens with two attached hydrogens (primary N) is 1. The van der Waals surface area contributed by atoms with Crippen molar-refractivity contribution in [3.05, 3.63) is 36.5 Å². The van der Waals surface area contributed by atoms with Gasteiger partial charge in [0.1, 0.15) is 0 Å². The van der Waals surface area contributed by atoms with E-state index < -0.39 is 10.0 Å². The Balaban J connectivity index is 0.00000225. The molecular weight excluding hydrogens is 366 g/mol. The molecule has 0 radical (unpaired) electrons. The van der Waals surface area contributed by atoms with Gasteiger partial charge >= 0.3 is 0 Å². The Morgan fingerprint density at radius 2 is 2.12 bits per heavy atom. The molecule has 7 nitrogen and oxygen atoms in total. The van der Waals surface area contributed by atoms with Crippen LogP contribution < -0.4 is 5.73 Å². The smallest absolute Gasteiger partial charge is 0.244 e. The molecule has 3 rings (SSSR count). The summed E-state index contributed by atoms with van der Waals surface area (Å²) in [5, 5.41) is 3.67. The fourth-order valence-corrected chi connectivity index (χ4v) is 4.97. The fourth-order valence-electron chi connectivity index (χ4n) is 3.11. The molecule has 0 bridgehead atoms. The monoisotopic (exact) mass is 387 g/mol. The van der Waals surface area contributed by atoms with Gasteiger partial charge in [0.05, 0.1) is 17.2 Å². The highest BCUT2D eigenvalue weighted by Crippen LogP contribution is 2.32. The Hall–Kier alpha value is -1.45. The van der Waals surface area contributed by atoms with Crippen molar-refractivity contribution in [3.8, 4) is 11.3 Å². The minimum absolute atomic E-state index is 0. The number of ether oxygens (including phenoxy) is 1. The first-order valence-electron chi connectivity index (χ1n) is 7.82. The number of methoxy groups -OCH3 is 1. The van der Waals surface area contributed by atoms with Gasteiger partial charge < -0.3 is 15.0 Å². The van der Waals surface area contributed by atoms with Crippen molar-refractivity contribution in [1.82, 2.24) is 9.46 Å². The van der Waals surface area contributed by atoms with Gasteiger partial charge in [-0.3, -0.25) is 0 Å². The summed E-state index contributed by atoms with van der Waals surface area (Å²) in [6, 6.07) is 8.14. The molecule has 2 atom stereocenters. The molecular formula is C16H22ClN3O4S. The van der Waals surface area contributed by atoms with Crippen molar-refractivity contribution in [2.45, 2.75) is 29.9 Å². The second-order valence-electron chi connectivity index (χ2n) is 5.76. The Labute approximate surface area is 153 Å². The van der Waals surface area contributed by atoms with E-state index in [0.717, 1.165) is 0 Å². The summed E-state index contributed by atoms with van der Waals surface area (Å²) in [6.45, 7) is 0.636. The van der Waals surface area contributed by atoms with Crippen LogP contribution in [0.5, 0.6) is 0 Å². The molecule has 0 saturated carbocycles. The summed E-state index contributed by atoms with van der Waals surface area (Å²) >= 11 is 0. The summed E-state index contributed by atoms with van der Waals surface area (Å²) < 4.78 is 38.5. The van der Waals surface area contributed by atoms with Gasteiger partial charge in [-0.25, -0.2) is 8.42 Å². The molecule has 25 heavy (non-hydrogen) atoms. The number of halogens is 1. The first-order valence-corrected chi connectivity index (χ1v) is 9.26. The summed E-state index contributed by atoms with van der Waals surface area (Å²) in [5.74, 6) is 0.422. The SMILES string of the molecule is COC1CCN(S(=O)(=O)c2ccccc2-c2ccno2)C(CN)C1.Cl. The van der Waals surface area contributed by atoms with Crippen LogP contribution in [0, 0.1) is 0 Å². The molecule has 2 aromatic rings. The molecule has 138 valence electrons. The fraction of sp³-hybridized carbons (Fsp3) is 0.438. The Morgan fingerprint density at radius 3 is 2.76 bits per heavy atom. The molecule has 2 N–H and O–H groups in total. The lowest BCUT2D eigenvalue weighted by Crippen LogP contribution is -2.51. The van der Waals surface area contributed by atoms with E-state index in [2.05, 4.69) is 5.16 Å². The minimum Gasteiger partial charge on any atom is -0.381 e. The molecule has 2 heterocycles.